The van der Waals surface area contributed by atoms with Crippen LogP contribution in [-0.4, -0.2) is 42.6 Å². The predicted molar refractivity (Wildman–Crippen MR) is 83.3 cm³/mol. The Kier molecular flexibility index (Phi) is 5.56. The zero-order valence-corrected chi connectivity index (χ0v) is 12.9. The van der Waals surface area contributed by atoms with E-state index in [9.17, 15) is 14.4 Å². The van der Waals surface area contributed by atoms with Crippen LogP contribution in [0.15, 0.2) is 24.3 Å². The lowest BCUT2D eigenvalue weighted by atomic mass is 10.2. The van der Waals surface area contributed by atoms with Crippen LogP contribution in [0, 0.1) is 5.92 Å². The number of nitrogens with zero attached hydrogens (tertiary/aromatic N) is 1. The molecule has 0 bridgehead atoms. The van der Waals surface area contributed by atoms with Gasteiger partial charge in [-0.25, -0.2) is 0 Å². The number of nitrogens with one attached hydrogen (secondary N) is 1. The Bertz CT molecular complexity index is 602. The molecule has 0 saturated carbocycles. The van der Waals surface area contributed by atoms with Crippen LogP contribution >= 0.6 is 0 Å². The van der Waals surface area contributed by atoms with Crippen molar-refractivity contribution in [3.05, 3.63) is 24.3 Å². The number of amides is 2. The van der Waals surface area contributed by atoms with Gasteiger partial charge in [0.1, 0.15) is 5.75 Å². The minimum atomic E-state index is -0.964. The molecule has 2 N–H and O–H groups in total. The topological polar surface area (TPSA) is 95.9 Å². The number of carboxylic acids is 1. The average Bonchev–Trinajstić information content (AvgIpc) is 2.96. The van der Waals surface area contributed by atoms with Gasteiger partial charge in [0.05, 0.1) is 5.92 Å². The minimum Gasteiger partial charge on any atom is -0.484 e. The summed E-state index contributed by atoms with van der Waals surface area (Å²) in [5.74, 6) is -1.43. The molecule has 1 aromatic carbocycles. The summed E-state index contributed by atoms with van der Waals surface area (Å²) in [5.41, 5.74) is 0.755. The third kappa shape index (κ3) is 4.70. The highest BCUT2D eigenvalue weighted by Crippen LogP contribution is 2.25. The van der Waals surface area contributed by atoms with Crippen molar-refractivity contribution in [1.82, 2.24) is 5.32 Å². The Morgan fingerprint density at radius 3 is 2.87 bits per heavy atom. The van der Waals surface area contributed by atoms with E-state index < -0.39 is 11.9 Å². The summed E-state index contributed by atoms with van der Waals surface area (Å²) < 4.78 is 5.40. The number of hydrogen-bond donors (Lipinski definition) is 2. The third-order valence-electron chi connectivity index (χ3n) is 3.60. The molecule has 1 aliphatic rings. The highest BCUT2D eigenvalue weighted by molar-refractivity contribution is 5.95. The zero-order valence-electron chi connectivity index (χ0n) is 12.9. The minimum absolute atomic E-state index is 0.0554. The van der Waals surface area contributed by atoms with Crippen molar-refractivity contribution < 1.29 is 24.2 Å². The Morgan fingerprint density at radius 1 is 1.43 bits per heavy atom. The number of aliphatic carboxylic acids is 1. The Morgan fingerprint density at radius 2 is 2.22 bits per heavy atom. The summed E-state index contributed by atoms with van der Waals surface area (Å²) in [7, 11) is 0. The molecule has 1 heterocycles. The number of carbonyl (C=O) groups is 3. The fraction of sp³-hybridized carbons (Fsp3) is 0.438. The molecule has 7 nitrogen and oxygen atoms in total. The SMILES string of the molecule is CC(CNC(=O)COc1cccc(N2CCCC2=O)c1)C(=O)O. The highest BCUT2D eigenvalue weighted by Gasteiger charge is 2.21. The standard InChI is InChI=1S/C16H20N2O5/c1-11(16(21)22)9-17-14(19)10-23-13-5-2-4-12(8-13)18-7-3-6-15(18)20/h2,4-5,8,11H,3,6-7,9-10H2,1H3,(H,17,19)(H,21,22). The second kappa shape index (κ2) is 7.62. The van der Waals surface area contributed by atoms with Crippen LogP contribution in [-0.2, 0) is 14.4 Å². The molecular weight excluding hydrogens is 300 g/mol. The van der Waals surface area contributed by atoms with Crippen molar-refractivity contribution >= 4 is 23.5 Å². The number of rotatable bonds is 7. The quantitative estimate of drug-likeness (QED) is 0.782. The maximum Gasteiger partial charge on any atom is 0.308 e. The number of anilines is 1. The summed E-state index contributed by atoms with van der Waals surface area (Å²) in [4.78, 5) is 35.7. The number of benzene rings is 1. The zero-order chi connectivity index (χ0) is 16.8. The average molecular weight is 320 g/mol. The number of carboxylic acid groups (broad SMARTS) is 1. The lowest BCUT2D eigenvalue weighted by Gasteiger charge is -2.16. The second-order valence-electron chi connectivity index (χ2n) is 5.48. The summed E-state index contributed by atoms with van der Waals surface area (Å²) >= 11 is 0. The summed E-state index contributed by atoms with van der Waals surface area (Å²) in [6.45, 7) is 2.05. The van der Waals surface area contributed by atoms with Gasteiger partial charge in [-0.15, -0.1) is 0 Å². The smallest absolute Gasteiger partial charge is 0.308 e. The van der Waals surface area contributed by atoms with Crippen LogP contribution in [0.25, 0.3) is 0 Å². The maximum atomic E-state index is 11.7. The molecule has 0 aromatic heterocycles. The molecular formula is C16H20N2O5. The van der Waals surface area contributed by atoms with Crippen molar-refractivity contribution in [2.75, 3.05) is 24.6 Å². The molecule has 0 radical (unpaired) electrons. The fourth-order valence-corrected chi connectivity index (χ4v) is 2.22. The van der Waals surface area contributed by atoms with Crippen molar-refractivity contribution in [3.63, 3.8) is 0 Å². The van der Waals surface area contributed by atoms with Gasteiger partial charge in [-0.3, -0.25) is 14.4 Å². The highest BCUT2D eigenvalue weighted by atomic mass is 16.5. The van der Waals surface area contributed by atoms with Crippen molar-refractivity contribution in [1.29, 1.82) is 0 Å². The molecule has 1 aromatic rings. The molecule has 2 rings (SSSR count). The summed E-state index contributed by atoms with van der Waals surface area (Å²) in [6, 6.07) is 7.01. The fourth-order valence-electron chi connectivity index (χ4n) is 2.22. The van der Waals surface area contributed by atoms with Crippen LogP contribution < -0.4 is 15.0 Å². The van der Waals surface area contributed by atoms with E-state index in [0.717, 1.165) is 12.1 Å². The predicted octanol–water partition coefficient (Wildman–Crippen LogP) is 1.03. The first-order chi connectivity index (χ1) is 11.0. The molecule has 1 atom stereocenters. The first kappa shape index (κ1) is 16.8. The van der Waals surface area contributed by atoms with Gasteiger partial charge in [0.25, 0.3) is 5.91 Å². The Balaban J connectivity index is 1.85. The molecule has 0 aliphatic carbocycles. The van der Waals surface area contributed by atoms with Crippen LogP contribution in [0.3, 0.4) is 0 Å². The largest absolute Gasteiger partial charge is 0.484 e. The number of carbonyl (C=O) groups excluding carboxylic acids is 2. The molecule has 1 saturated heterocycles. The second-order valence-corrected chi connectivity index (χ2v) is 5.48. The molecule has 124 valence electrons. The van der Waals surface area contributed by atoms with Gasteiger partial charge in [-0.2, -0.15) is 0 Å². The van der Waals surface area contributed by atoms with Crippen molar-refractivity contribution in [2.45, 2.75) is 19.8 Å². The first-order valence-electron chi connectivity index (χ1n) is 7.50. The van der Waals surface area contributed by atoms with E-state index in [0.29, 0.717) is 18.7 Å². The monoisotopic (exact) mass is 320 g/mol. The van der Waals surface area contributed by atoms with E-state index in [1.807, 2.05) is 6.07 Å². The molecule has 0 spiro atoms. The lowest BCUT2D eigenvalue weighted by Crippen LogP contribution is -2.34. The van der Waals surface area contributed by atoms with E-state index in [2.05, 4.69) is 5.32 Å². The van der Waals surface area contributed by atoms with Gasteiger partial charge >= 0.3 is 5.97 Å². The lowest BCUT2D eigenvalue weighted by molar-refractivity contribution is -0.141. The molecule has 1 unspecified atom stereocenters. The van der Waals surface area contributed by atoms with Crippen LogP contribution in [0.1, 0.15) is 19.8 Å². The molecule has 1 aliphatic heterocycles. The number of ether oxygens (including phenoxy) is 1. The molecule has 23 heavy (non-hydrogen) atoms. The molecule has 1 fully saturated rings. The summed E-state index contributed by atoms with van der Waals surface area (Å²) in [5, 5.41) is 11.2. The normalized spacial score (nSPS) is 15.3. The van der Waals surface area contributed by atoms with Gasteiger partial charge in [0, 0.05) is 31.3 Å². The van der Waals surface area contributed by atoms with Gasteiger partial charge in [0.2, 0.25) is 5.91 Å². The van der Waals surface area contributed by atoms with Crippen molar-refractivity contribution in [2.24, 2.45) is 5.92 Å². The van der Waals surface area contributed by atoms with Gasteiger partial charge < -0.3 is 20.1 Å². The van der Waals surface area contributed by atoms with E-state index in [1.54, 1.807) is 23.1 Å². The molecule has 7 heteroatoms. The van der Waals surface area contributed by atoms with E-state index >= 15 is 0 Å². The van der Waals surface area contributed by atoms with E-state index in [1.165, 1.54) is 6.92 Å². The van der Waals surface area contributed by atoms with Crippen LogP contribution in [0.5, 0.6) is 5.75 Å². The van der Waals surface area contributed by atoms with E-state index in [-0.39, 0.29) is 25.0 Å². The van der Waals surface area contributed by atoms with Gasteiger partial charge in [-0.1, -0.05) is 13.0 Å². The van der Waals surface area contributed by atoms with Gasteiger partial charge in [-0.05, 0) is 18.6 Å². The molecule has 2 amide bonds. The third-order valence-corrected chi connectivity index (χ3v) is 3.60. The Labute approximate surface area is 134 Å². The van der Waals surface area contributed by atoms with Crippen LogP contribution in [0.4, 0.5) is 5.69 Å². The van der Waals surface area contributed by atoms with Crippen LogP contribution in [0.2, 0.25) is 0 Å². The van der Waals surface area contributed by atoms with Gasteiger partial charge in [0.15, 0.2) is 6.61 Å². The maximum absolute atomic E-state index is 11.7. The number of hydrogen-bond acceptors (Lipinski definition) is 4. The van der Waals surface area contributed by atoms with E-state index in [4.69, 9.17) is 9.84 Å². The summed E-state index contributed by atoms with van der Waals surface area (Å²) in [6.07, 6.45) is 1.39. The Hall–Kier alpha value is -2.57. The first-order valence-corrected chi connectivity index (χ1v) is 7.50. The van der Waals surface area contributed by atoms with Crippen molar-refractivity contribution in [3.8, 4) is 5.75 Å².